The van der Waals surface area contributed by atoms with Gasteiger partial charge in [-0.25, -0.2) is 0 Å². The smallest absolute Gasteiger partial charge is 0.244 e. The number of halogens is 2. The summed E-state index contributed by atoms with van der Waals surface area (Å²) in [6.07, 6.45) is 0. The summed E-state index contributed by atoms with van der Waals surface area (Å²) in [6, 6.07) is 9.74. The van der Waals surface area contributed by atoms with Gasteiger partial charge in [-0.05, 0) is 30.3 Å². The van der Waals surface area contributed by atoms with Gasteiger partial charge in [0.1, 0.15) is 18.0 Å². The van der Waals surface area contributed by atoms with Crippen LogP contribution in [0.3, 0.4) is 0 Å². The topological polar surface area (TPSA) is 67.9 Å². The Kier molecular flexibility index (Phi) is 6.71. The first-order valence-corrected chi connectivity index (χ1v) is 8.36. The Balaban J connectivity index is 2.21. The maximum Gasteiger partial charge on any atom is 0.244 e. The molecule has 0 aliphatic rings. The zero-order valence-corrected chi connectivity index (χ0v) is 16.0. The lowest BCUT2D eigenvalue weighted by Gasteiger charge is -2.21. The predicted molar refractivity (Wildman–Crippen MR) is 103 cm³/mol. The molecule has 2 rings (SSSR count). The SMILES string of the molecule is COc1ccc(OC)c(NC(=O)CN(C(C)=O)c2ccc(Cl)c(Cl)c2)c1. The van der Waals surface area contributed by atoms with Crippen LogP contribution in [0.1, 0.15) is 6.92 Å². The minimum absolute atomic E-state index is 0.201. The molecular formula is C18H18Cl2N2O4. The van der Waals surface area contributed by atoms with Crippen molar-refractivity contribution in [3.63, 3.8) is 0 Å². The highest BCUT2D eigenvalue weighted by atomic mass is 35.5. The Bertz CT molecular complexity index is 827. The second-order valence-corrected chi connectivity index (χ2v) is 6.13. The molecule has 0 heterocycles. The van der Waals surface area contributed by atoms with Crippen LogP contribution < -0.4 is 19.7 Å². The third-order valence-corrected chi connectivity index (χ3v) is 4.32. The summed E-state index contributed by atoms with van der Waals surface area (Å²) in [5, 5.41) is 3.38. The van der Waals surface area contributed by atoms with Gasteiger partial charge in [0.2, 0.25) is 11.8 Å². The molecular weight excluding hydrogens is 379 g/mol. The number of carbonyl (C=O) groups is 2. The Morgan fingerprint density at radius 1 is 1.04 bits per heavy atom. The molecule has 0 aromatic heterocycles. The molecule has 8 heteroatoms. The van der Waals surface area contributed by atoms with Gasteiger partial charge in [0.05, 0.1) is 30.0 Å². The number of nitrogens with zero attached hydrogens (tertiary/aromatic N) is 1. The van der Waals surface area contributed by atoms with E-state index >= 15 is 0 Å². The number of carbonyl (C=O) groups excluding carboxylic acids is 2. The van der Waals surface area contributed by atoms with Crippen LogP contribution in [0.25, 0.3) is 0 Å². The highest BCUT2D eigenvalue weighted by Crippen LogP contribution is 2.30. The molecule has 0 aliphatic heterocycles. The zero-order chi connectivity index (χ0) is 19.3. The molecule has 0 aliphatic carbocycles. The van der Waals surface area contributed by atoms with Crippen LogP contribution in [0, 0.1) is 0 Å². The van der Waals surface area contributed by atoms with E-state index < -0.39 is 5.91 Å². The molecule has 0 fully saturated rings. The van der Waals surface area contributed by atoms with Gasteiger partial charge in [0.15, 0.2) is 0 Å². The average Bonchev–Trinajstić information content (AvgIpc) is 2.61. The second-order valence-electron chi connectivity index (χ2n) is 5.32. The lowest BCUT2D eigenvalue weighted by Crippen LogP contribution is -2.36. The predicted octanol–water partition coefficient (Wildman–Crippen LogP) is 4.00. The van der Waals surface area contributed by atoms with Gasteiger partial charge in [-0.2, -0.15) is 0 Å². The standard InChI is InChI=1S/C18H18Cl2N2O4/c1-11(23)22(12-4-6-14(19)15(20)8-12)10-18(24)21-16-9-13(25-2)5-7-17(16)26-3/h4-9H,10H2,1-3H3,(H,21,24). The van der Waals surface area contributed by atoms with Gasteiger partial charge in [0.25, 0.3) is 0 Å². The number of hydrogen-bond donors (Lipinski definition) is 1. The summed E-state index contributed by atoms with van der Waals surface area (Å²) in [6.45, 7) is 1.16. The van der Waals surface area contributed by atoms with E-state index in [4.69, 9.17) is 32.7 Å². The van der Waals surface area contributed by atoms with Crippen molar-refractivity contribution < 1.29 is 19.1 Å². The molecule has 0 radical (unpaired) electrons. The normalized spacial score (nSPS) is 10.2. The molecule has 0 saturated carbocycles. The lowest BCUT2D eigenvalue weighted by molar-refractivity contribution is -0.120. The third-order valence-electron chi connectivity index (χ3n) is 3.58. The molecule has 0 spiro atoms. The number of amides is 2. The quantitative estimate of drug-likeness (QED) is 0.800. The summed E-state index contributed by atoms with van der Waals surface area (Å²) < 4.78 is 10.4. The molecule has 0 atom stereocenters. The highest BCUT2D eigenvalue weighted by molar-refractivity contribution is 6.42. The number of methoxy groups -OCH3 is 2. The van der Waals surface area contributed by atoms with Crippen molar-refractivity contribution >= 4 is 46.4 Å². The minimum atomic E-state index is -0.405. The number of benzene rings is 2. The van der Waals surface area contributed by atoms with Crippen molar-refractivity contribution in [1.82, 2.24) is 0 Å². The Morgan fingerprint density at radius 2 is 1.77 bits per heavy atom. The van der Waals surface area contributed by atoms with E-state index in [2.05, 4.69) is 5.32 Å². The fraction of sp³-hybridized carbons (Fsp3) is 0.222. The summed E-state index contributed by atoms with van der Waals surface area (Å²) in [7, 11) is 3.02. The monoisotopic (exact) mass is 396 g/mol. The van der Waals surface area contributed by atoms with Gasteiger partial charge >= 0.3 is 0 Å². The van der Waals surface area contributed by atoms with Crippen LogP contribution in [-0.4, -0.2) is 32.6 Å². The summed E-state index contributed by atoms with van der Waals surface area (Å²) in [5.74, 6) is 0.325. The van der Waals surface area contributed by atoms with E-state index in [1.807, 2.05) is 0 Å². The van der Waals surface area contributed by atoms with Crippen LogP contribution in [0.2, 0.25) is 10.0 Å². The average molecular weight is 397 g/mol. The maximum atomic E-state index is 12.5. The fourth-order valence-corrected chi connectivity index (χ4v) is 2.57. The van der Waals surface area contributed by atoms with E-state index in [9.17, 15) is 9.59 Å². The molecule has 0 bridgehead atoms. The molecule has 0 saturated heterocycles. The molecule has 26 heavy (non-hydrogen) atoms. The summed E-state index contributed by atoms with van der Waals surface area (Å²) in [5.41, 5.74) is 0.911. The first-order chi connectivity index (χ1) is 12.3. The van der Waals surface area contributed by atoms with Crippen LogP contribution in [0.4, 0.5) is 11.4 Å². The Hall–Kier alpha value is -2.44. The molecule has 0 unspecified atom stereocenters. The summed E-state index contributed by atoms with van der Waals surface area (Å²) >= 11 is 11.9. The summed E-state index contributed by atoms with van der Waals surface area (Å²) in [4.78, 5) is 25.7. The van der Waals surface area contributed by atoms with Gasteiger partial charge in [-0.1, -0.05) is 23.2 Å². The van der Waals surface area contributed by atoms with Crippen molar-refractivity contribution in [3.05, 3.63) is 46.4 Å². The molecule has 2 amide bonds. The Labute approximate surface area is 161 Å². The Morgan fingerprint density at radius 3 is 2.35 bits per heavy atom. The van der Waals surface area contributed by atoms with E-state index in [-0.39, 0.29) is 12.5 Å². The minimum Gasteiger partial charge on any atom is -0.497 e. The third kappa shape index (κ3) is 4.80. The van der Waals surface area contributed by atoms with Gasteiger partial charge in [0, 0.05) is 18.7 Å². The maximum absolute atomic E-state index is 12.5. The van der Waals surface area contributed by atoms with Crippen molar-refractivity contribution in [2.24, 2.45) is 0 Å². The number of rotatable bonds is 6. The second kappa shape index (κ2) is 8.78. The fourth-order valence-electron chi connectivity index (χ4n) is 2.28. The largest absolute Gasteiger partial charge is 0.497 e. The van der Waals surface area contributed by atoms with Crippen molar-refractivity contribution in [3.8, 4) is 11.5 Å². The molecule has 6 nitrogen and oxygen atoms in total. The van der Waals surface area contributed by atoms with Crippen molar-refractivity contribution in [1.29, 1.82) is 0 Å². The molecule has 1 N–H and O–H groups in total. The first kappa shape index (κ1) is 19.9. The number of hydrogen-bond acceptors (Lipinski definition) is 4. The van der Waals surface area contributed by atoms with E-state index in [0.717, 1.165) is 0 Å². The van der Waals surface area contributed by atoms with Gasteiger partial charge < -0.3 is 19.7 Å². The van der Waals surface area contributed by atoms with Crippen molar-refractivity contribution in [2.45, 2.75) is 6.92 Å². The number of anilines is 2. The van der Waals surface area contributed by atoms with Gasteiger partial charge in [-0.15, -0.1) is 0 Å². The van der Waals surface area contributed by atoms with Crippen LogP contribution in [0.15, 0.2) is 36.4 Å². The van der Waals surface area contributed by atoms with Crippen LogP contribution >= 0.6 is 23.2 Å². The van der Waals surface area contributed by atoms with Crippen LogP contribution in [0.5, 0.6) is 11.5 Å². The number of ether oxygens (including phenoxy) is 2. The van der Waals surface area contributed by atoms with Crippen LogP contribution in [-0.2, 0) is 9.59 Å². The van der Waals surface area contributed by atoms with E-state index in [1.54, 1.807) is 30.3 Å². The molecule has 138 valence electrons. The number of nitrogens with one attached hydrogen (secondary N) is 1. The first-order valence-electron chi connectivity index (χ1n) is 7.60. The molecule has 2 aromatic carbocycles. The molecule has 2 aromatic rings. The van der Waals surface area contributed by atoms with Gasteiger partial charge in [-0.3, -0.25) is 9.59 Å². The van der Waals surface area contributed by atoms with E-state index in [0.29, 0.717) is 32.9 Å². The van der Waals surface area contributed by atoms with E-state index in [1.165, 1.54) is 32.1 Å². The van der Waals surface area contributed by atoms with Crippen molar-refractivity contribution in [2.75, 3.05) is 31.0 Å². The zero-order valence-electron chi connectivity index (χ0n) is 14.5. The highest BCUT2D eigenvalue weighted by Gasteiger charge is 2.18. The lowest BCUT2D eigenvalue weighted by atomic mass is 10.2.